The van der Waals surface area contributed by atoms with Crippen molar-refractivity contribution >= 4 is 12.1 Å². The highest BCUT2D eigenvalue weighted by molar-refractivity contribution is 5.83. The normalized spacial score (nSPS) is 17.5. The van der Waals surface area contributed by atoms with Gasteiger partial charge in [0, 0.05) is 26.2 Å². The summed E-state index contributed by atoms with van der Waals surface area (Å²) in [6, 6.07) is 5.91. The van der Waals surface area contributed by atoms with Crippen LogP contribution in [0.4, 0.5) is 4.39 Å². The third-order valence-corrected chi connectivity index (χ3v) is 3.24. The van der Waals surface area contributed by atoms with Crippen molar-refractivity contribution in [2.24, 2.45) is 5.10 Å². The molecule has 1 aliphatic rings. The van der Waals surface area contributed by atoms with Crippen LogP contribution in [0.5, 0.6) is 0 Å². The standard InChI is InChI=1S/C14H19FN4O/c1-18-6-8-19(9-7-18)11-14(20)17-16-10-12-2-4-13(15)5-3-12/h2-5,10H,6-9,11H2,1H3,(H,17,20)/b16-10+. The van der Waals surface area contributed by atoms with Crippen LogP contribution >= 0.6 is 0 Å². The first-order valence-electron chi connectivity index (χ1n) is 6.62. The van der Waals surface area contributed by atoms with E-state index >= 15 is 0 Å². The lowest BCUT2D eigenvalue weighted by molar-refractivity contribution is -0.122. The molecule has 0 saturated carbocycles. The van der Waals surface area contributed by atoms with E-state index in [1.165, 1.54) is 18.3 Å². The third kappa shape index (κ3) is 4.71. The molecule has 1 N–H and O–H groups in total. The van der Waals surface area contributed by atoms with Crippen LogP contribution in [0.15, 0.2) is 29.4 Å². The van der Waals surface area contributed by atoms with Crippen LogP contribution in [0, 0.1) is 5.82 Å². The van der Waals surface area contributed by atoms with Crippen LogP contribution in [0.2, 0.25) is 0 Å². The fraction of sp³-hybridized carbons (Fsp3) is 0.429. The molecular weight excluding hydrogens is 259 g/mol. The number of piperazine rings is 1. The first-order chi connectivity index (χ1) is 9.63. The minimum atomic E-state index is -0.291. The summed E-state index contributed by atoms with van der Waals surface area (Å²) >= 11 is 0. The summed E-state index contributed by atoms with van der Waals surface area (Å²) < 4.78 is 12.7. The van der Waals surface area contributed by atoms with Crippen molar-refractivity contribution in [2.75, 3.05) is 39.8 Å². The summed E-state index contributed by atoms with van der Waals surface area (Å²) in [4.78, 5) is 16.0. The van der Waals surface area contributed by atoms with E-state index in [0.717, 1.165) is 31.7 Å². The van der Waals surface area contributed by atoms with Gasteiger partial charge in [0.25, 0.3) is 5.91 Å². The first-order valence-corrected chi connectivity index (χ1v) is 6.62. The number of hydrogen-bond acceptors (Lipinski definition) is 4. The maximum absolute atomic E-state index is 12.7. The van der Waals surface area contributed by atoms with E-state index in [4.69, 9.17) is 0 Å². The largest absolute Gasteiger partial charge is 0.304 e. The number of likely N-dealkylation sites (N-methyl/N-ethyl adjacent to an activating group) is 1. The Hall–Kier alpha value is -1.79. The number of halogens is 1. The monoisotopic (exact) mass is 278 g/mol. The van der Waals surface area contributed by atoms with Crippen LogP contribution < -0.4 is 5.43 Å². The minimum absolute atomic E-state index is 0.132. The van der Waals surface area contributed by atoms with Crippen molar-refractivity contribution < 1.29 is 9.18 Å². The molecule has 0 spiro atoms. The lowest BCUT2D eigenvalue weighted by Crippen LogP contribution is -2.47. The fourth-order valence-corrected chi connectivity index (χ4v) is 1.97. The number of nitrogens with zero attached hydrogens (tertiary/aromatic N) is 3. The molecule has 108 valence electrons. The molecule has 1 amide bonds. The van der Waals surface area contributed by atoms with E-state index in [1.807, 2.05) is 0 Å². The second-order valence-electron chi connectivity index (χ2n) is 4.92. The molecule has 1 heterocycles. The maximum atomic E-state index is 12.7. The zero-order chi connectivity index (χ0) is 14.4. The SMILES string of the molecule is CN1CCN(CC(=O)N/N=C/c2ccc(F)cc2)CC1. The molecule has 1 fully saturated rings. The van der Waals surface area contributed by atoms with Gasteiger partial charge in [0.15, 0.2) is 0 Å². The predicted octanol–water partition coefficient (Wildman–Crippen LogP) is 0.523. The molecule has 0 aromatic heterocycles. The Balaban J connectivity index is 1.73. The fourth-order valence-electron chi connectivity index (χ4n) is 1.97. The Kier molecular flexibility index (Phi) is 5.20. The minimum Gasteiger partial charge on any atom is -0.304 e. The number of hydrogen-bond donors (Lipinski definition) is 1. The number of nitrogens with one attached hydrogen (secondary N) is 1. The van der Waals surface area contributed by atoms with Crippen molar-refractivity contribution in [1.29, 1.82) is 0 Å². The number of rotatable bonds is 4. The third-order valence-electron chi connectivity index (χ3n) is 3.24. The van der Waals surface area contributed by atoms with Gasteiger partial charge in [-0.3, -0.25) is 9.69 Å². The molecule has 0 aliphatic carbocycles. The Labute approximate surface area is 118 Å². The molecule has 1 saturated heterocycles. The summed E-state index contributed by atoms with van der Waals surface area (Å²) in [6.45, 7) is 4.10. The van der Waals surface area contributed by atoms with Gasteiger partial charge >= 0.3 is 0 Å². The molecule has 5 nitrogen and oxygen atoms in total. The Morgan fingerprint density at radius 1 is 1.30 bits per heavy atom. The summed E-state index contributed by atoms with van der Waals surface area (Å²) in [5, 5.41) is 3.87. The molecule has 0 radical (unpaired) electrons. The molecule has 0 unspecified atom stereocenters. The molecule has 6 heteroatoms. The summed E-state index contributed by atoms with van der Waals surface area (Å²) in [5.41, 5.74) is 3.23. The van der Waals surface area contributed by atoms with Crippen molar-refractivity contribution in [3.8, 4) is 0 Å². The van der Waals surface area contributed by atoms with E-state index < -0.39 is 0 Å². The summed E-state index contributed by atoms with van der Waals surface area (Å²) in [5.74, 6) is -0.422. The van der Waals surface area contributed by atoms with Crippen molar-refractivity contribution in [1.82, 2.24) is 15.2 Å². The van der Waals surface area contributed by atoms with Gasteiger partial charge < -0.3 is 4.90 Å². The Morgan fingerprint density at radius 2 is 1.95 bits per heavy atom. The zero-order valence-corrected chi connectivity index (χ0v) is 11.6. The van der Waals surface area contributed by atoms with E-state index in [9.17, 15) is 9.18 Å². The van der Waals surface area contributed by atoms with E-state index in [2.05, 4.69) is 27.4 Å². The second kappa shape index (κ2) is 7.12. The maximum Gasteiger partial charge on any atom is 0.254 e. The average molecular weight is 278 g/mol. The number of hydrazone groups is 1. The van der Waals surface area contributed by atoms with Gasteiger partial charge in [0.1, 0.15) is 5.82 Å². The number of carbonyl (C=O) groups excluding carboxylic acids is 1. The molecule has 2 rings (SSSR count). The summed E-state index contributed by atoms with van der Waals surface area (Å²) in [7, 11) is 2.07. The number of amides is 1. The van der Waals surface area contributed by atoms with Gasteiger partial charge in [-0.05, 0) is 24.7 Å². The van der Waals surface area contributed by atoms with Gasteiger partial charge in [-0.2, -0.15) is 5.10 Å². The van der Waals surface area contributed by atoms with E-state index in [1.54, 1.807) is 12.1 Å². The quantitative estimate of drug-likeness (QED) is 0.645. The molecular formula is C14H19FN4O. The van der Waals surface area contributed by atoms with Gasteiger partial charge in [-0.1, -0.05) is 12.1 Å². The molecule has 0 atom stereocenters. The molecule has 1 aromatic rings. The average Bonchev–Trinajstić information content (AvgIpc) is 2.44. The Morgan fingerprint density at radius 3 is 2.60 bits per heavy atom. The van der Waals surface area contributed by atoms with Gasteiger partial charge in [0.05, 0.1) is 12.8 Å². The predicted molar refractivity (Wildman–Crippen MR) is 76.1 cm³/mol. The molecule has 1 aromatic carbocycles. The van der Waals surface area contributed by atoms with Crippen LogP contribution in [0.25, 0.3) is 0 Å². The number of benzene rings is 1. The highest BCUT2D eigenvalue weighted by Gasteiger charge is 2.15. The smallest absolute Gasteiger partial charge is 0.254 e. The van der Waals surface area contributed by atoms with Crippen molar-refractivity contribution in [2.45, 2.75) is 0 Å². The lowest BCUT2D eigenvalue weighted by Gasteiger charge is -2.31. The zero-order valence-electron chi connectivity index (χ0n) is 11.6. The van der Waals surface area contributed by atoms with Gasteiger partial charge in [-0.15, -0.1) is 0 Å². The highest BCUT2D eigenvalue weighted by atomic mass is 19.1. The topological polar surface area (TPSA) is 47.9 Å². The van der Waals surface area contributed by atoms with Crippen molar-refractivity contribution in [3.63, 3.8) is 0 Å². The van der Waals surface area contributed by atoms with Gasteiger partial charge in [0.2, 0.25) is 0 Å². The summed E-state index contributed by atoms with van der Waals surface area (Å²) in [6.07, 6.45) is 1.50. The number of carbonyl (C=O) groups is 1. The van der Waals surface area contributed by atoms with E-state index in [-0.39, 0.29) is 11.7 Å². The van der Waals surface area contributed by atoms with E-state index in [0.29, 0.717) is 6.54 Å². The van der Waals surface area contributed by atoms with Crippen LogP contribution in [0.3, 0.4) is 0 Å². The second-order valence-corrected chi connectivity index (χ2v) is 4.92. The van der Waals surface area contributed by atoms with Crippen LogP contribution in [0.1, 0.15) is 5.56 Å². The van der Waals surface area contributed by atoms with Crippen LogP contribution in [-0.4, -0.2) is 61.7 Å². The van der Waals surface area contributed by atoms with Crippen LogP contribution in [-0.2, 0) is 4.79 Å². The van der Waals surface area contributed by atoms with Crippen molar-refractivity contribution in [3.05, 3.63) is 35.6 Å². The Bertz CT molecular complexity index is 467. The molecule has 20 heavy (non-hydrogen) atoms. The van der Waals surface area contributed by atoms with Gasteiger partial charge in [-0.25, -0.2) is 9.82 Å². The highest BCUT2D eigenvalue weighted by Crippen LogP contribution is 2.00. The molecule has 0 bridgehead atoms. The molecule has 1 aliphatic heterocycles. The first kappa shape index (κ1) is 14.6. The lowest BCUT2D eigenvalue weighted by atomic mass is 10.2.